The van der Waals surface area contributed by atoms with E-state index < -0.39 is 0 Å². The molecule has 3 heteroatoms. The van der Waals surface area contributed by atoms with Gasteiger partial charge in [-0.3, -0.25) is 9.69 Å². The highest BCUT2D eigenvalue weighted by molar-refractivity contribution is 5.83. The molecule has 1 aliphatic rings. The number of aliphatic hydroxyl groups excluding tert-OH is 1. The zero-order chi connectivity index (χ0) is 11.3. The second kappa shape index (κ2) is 6.23. The van der Waals surface area contributed by atoms with Gasteiger partial charge in [0.05, 0.1) is 6.04 Å². The number of ketones is 1. The zero-order valence-corrected chi connectivity index (χ0v) is 9.91. The third kappa shape index (κ3) is 3.28. The highest BCUT2D eigenvalue weighted by atomic mass is 16.2. The van der Waals surface area contributed by atoms with Gasteiger partial charge in [-0.15, -0.1) is 0 Å². The summed E-state index contributed by atoms with van der Waals surface area (Å²) in [6.45, 7) is 5.25. The number of Topliss-reactive ketones (excluding diaryl/α,β-unsaturated/α-hetero) is 1. The van der Waals surface area contributed by atoms with Gasteiger partial charge >= 0.3 is 0 Å². The fourth-order valence-corrected chi connectivity index (χ4v) is 2.49. The van der Waals surface area contributed by atoms with Gasteiger partial charge in [0, 0.05) is 19.1 Å². The standard InChI is InChI=1S/C12H23NO2/c1-3-12(15)10(2)13-8-4-6-11(13)7-5-9-14/h10-11,14H,3-9H2,1-2H3. The largest absolute Gasteiger partial charge is 0.396 e. The SMILES string of the molecule is CCC(=O)C(C)N1CCCC1CCCO. The lowest BCUT2D eigenvalue weighted by molar-refractivity contribution is -0.123. The maximum Gasteiger partial charge on any atom is 0.149 e. The van der Waals surface area contributed by atoms with Gasteiger partial charge in [-0.1, -0.05) is 6.92 Å². The van der Waals surface area contributed by atoms with Gasteiger partial charge in [0.2, 0.25) is 0 Å². The predicted molar refractivity (Wildman–Crippen MR) is 60.8 cm³/mol. The summed E-state index contributed by atoms with van der Waals surface area (Å²) in [4.78, 5) is 13.9. The van der Waals surface area contributed by atoms with Gasteiger partial charge in [-0.25, -0.2) is 0 Å². The van der Waals surface area contributed by atoms with Gasteiger partial charge in [0.1, 0.15) is 5.78 Å². The quantitative estimate of drug-likeness (QED) is 0.728. The lowest BCUT2D eigenvalue weighted by atomic mass is 10.1. The van der Waals surface area contributed by atoms with E-state index in [-0.39, 0.29) is 12.6 Å². The van der Waals surface area contributed by atoms with E-state index in [1.165, 1.54) is 12.8 Å². The Morgan fingerprint density at radius 3 is 2.93 bits per heavy atom. The topological polar surface area (TPSA) is 40.5 Å². The Bertz CT molecular complexity index is 206. The minimum Gasteiger partial charge on any atom is -0.396 e. The normalized spacial score (nSPS) is 24.3. The fraction of sp³-hybridized carbons (Fsp3) is 0.917. The average Bonchev–Trinajstić information content (AvgIpc) is 2.72. The van der Waals surface area contributed by atoms with E-state index in [4.69, 9.17) is 5.11 Å². The summed E-state index contributed by atoms with van der Waals surface area (Å²) in [5.41, 5.74) is 0. The van der Waals surface area contributed by atoms with Crippen molar-refractivity contribution in [2.45, 2.75) is 58.0 Å². The number of aliphatic hydroxyl groups is 1. The number of hydrogen-bond donors (Lipinski definition) is 1. The van der Waals surface area contributed by atoms with Crippen LogP contribution in [0.25, 0.3) is 0 Å². The third-order valence-electron chi connectivity index (χ3n) is 3.43. The molecule has 2 atom stereocenters. The van der Waals surface area contributed by atoms with E-state index in [0.717, 1.165) is 19.4 Å². The van der Waals surface area contributed by atoms with Crippen molar-refractivity contribution in [3.63, 3.8) is 0 Å². The molecule has 88 valence electrons. The summed E-state index contributed by atoms with van der Waals surface area (Å²) in [5.74, 6) is 0.339. The van der Waals surface area contributed by atoms with Crippen LogP contribution in [-0.2, 0) is 4.79 Å². The van der Waals surface area contributed by atoms with Crippen LogP contribution >= 0.6 is 0 Å². The van der Waals surface area contributed by atoms with Crippen molar-refractivity contribution in [2.75, 3.05) is 13.2 Å². The van der Waals surface area contributed by atoms with E-state index in [9.17, 15) is 4.79 Å². The molecule has 1 fully saturated rings. The molecule has 1 heterocycles. The first-order chi connectivity index (χ1) is 7.20. The third-order valence-corrected chi connectivity index (χ3v) is 3.43. The minimum atomic E-state index is 0.0705. The minimum absolute atomic E-state index is 0.0705. The van der Waals surface area contributed by atoms with E-state index in [1.807, 2.05) is 13.8 Å². The van der Waals surface area contributed by atoms with Crippen LogP contribution in [0.2, 0.25) is 0 Å². The Kier molecular flexibility index (Phi) is 5.26. The molecule has 0 amide bonds. The summed E-state index contributed by atoms with van der Waals surface area (Å²) in [7, 11) is 0. The number of carbonyl (C=O) groups excluding carboxylic acids is 1. The molecule has 1 saturated heterocycles. The molecule has 0 aliphatic carbocycles. The van der Waals surface area contributed by atoms with Crippen LogP contribution in [0.1, 0.15) is 46.0 Å². The first kappa shape index (κ1) is 12.7. The first-order valence-corrected chi connectivity index (χ1v) is 6.10. The smallest absolute Gasteiger partial charge is 0.149 e. The zero-order valence-electron chi connectivity index (χ0n) is 9.91. The molecule has 0 aromatic carbocycles. The number of nitrogens with zero attached hydrogens (tertiary/aromatic N) is 1. The number of likely N-dealkylation sites (tertiary alicyclic amines) is 1. The second-order valence-corrected chi connectivity index (χ2v) is 4.40. The van der Waals surface area contributed by atoms with E-state index >= 15 is 0 Å². The number of rotatable bonds is 6. The second-order valence-electron chi connectivity index (χ2n) is 4.40. The summed E-state index contributed by atoms with van der Waals surface area (Å²) in [6.07, 6.45) is 4.88. The van der Waals surface area contributed by atoms with Crippen LogP contribution in [-0.4, -0.2) is 41.0 Å². The molecule has 0 aromatic heterocycles. The van der Waals surface area contributed by atoms with Crippen LogP contribution in [0.3, 0.4) is 0 Å². The molecule has 0 radical (unpaired) electrons. The lowest BCUT2D eigenvalue weighted by Crippen LogP contribution is -2.42. The Hall–Kier alpha value is -0.410. The van der Waals surface area contributed by atoms with Crippen molar-refractivity contribution >= 4 is 5.78 Å². The molecule has 0 aromatic rings. The van der Waals surface area contributed by atoms with Crippen molar-refractivity contribution in [1.82, 2.24) is 4.90 Å². The lowest BCUT2D eigenvalue weighted by Gasteiger charge is -2.29. The average molecular weight is 213 g/mol. The van der Waals surface area contributed by atoms with Crippen molar-refractivity contribution in [1.29, 1.82) is 0 Å². The molecule has 15 heavy (non-hydrogen) atoms. The van der Waals surface area contributed by atoms with E-state index in [0.29, 0.717) is 18.2 Å². The maximum absolute atomic E-state index is 11.6. The van der Waals surface area contributed by atoms with E-state index in [2.05, 4.69) is 4.90 Å². The van der Waals surface area contributed by atoms with Gasteiger partial charge in [-0.05, 0) is 39.2 Å². The van der Waals surface area contributed by atoms with Crippen molar-refractivity contribution < 1.29 is 9.90 Å². The monoisotopic (exact) mass is 213 g/mol. The van der Waals surface area contributed by atoms with E-state index in [1.54, 1.807) is 0 Å². The van der Waals surface area contributed by atoms with Crippen molar-refractivity contribution in [2.24, 2.45) is 0 Å². The molecule has 2 unspecified atom stereocenters. The highest BCUT2D eigenvalue weighted by Crippen LogP contribution is 2.24. The van der Waals surface area contributed by atoms with Crippen LogP contribution in [0.5, 0.6) is 0 Å². The van der Waals surface area contributed by atoms with Crippen molar-refractivity contribution in [3.05, 3.63) is 0 Å². The fourth-order valence-electron chi connectivity index (χ4n) is 2.49. The number of carbonyl (C=O) groups is 1. The van der Waals surface area contributed by atoms with Gasteiger partial charge in [-0.2, -0.15) is 0 Å². The Balaban J connectivity index is 2.47. The molecule has 0 bridgehead atoms. The predicted octanol–water partition coefficient (Wildman–Crippen LogP) is 1.59. The summed E-state index contributed by atoms with van der Waals surface area (Å²) < 4.78 is 0. The van der Waals surface area contributed by atoms with Gasteiger partial charge < -0.3 is 5.11 Å². The molecule has 1 N–H and O–H groups in total. The maximum atomic E-state index is 11.6. The summed E-state index contributed by atoms with van der Waals surface area (Å²) in [6, 6.07) is 0.587. The molecular formula is C12H23NO2. The number of hydrogen-bond acceptors (Lipinski definition) is 3. The molecule has 0 saturated carbocycles. The molecular weight excluding hydrogens is 190 g/mol. The van der Waals surface area contributed by atoms with Gasteiger partial charge in [0.25, 0.3) is 0 Å². The first-order valence-electron chi connectivity index (χ1n) is 6.10. The molecule has 3 nitrogen and oxygen atoms in total. The molecule has 1 aliphatic heterocycles. The van der Waals surface area contributed by atoms with Crippen LogP contribution in [0.15, 0.2) is 0 Å². The van der Waals surface area contributed by atoms with Crippen LogP contribution < -0.4 is 0 Å². The molecule has 1 rings (SSSR count). The highest BCUT2D eigenvalue weighted by Gasteiger charge is 2.30. The Labute approximate surface area is 92.5 Å². The Morgan fingerprint density at radius 1 is 1.60 bits per heavy atom. The van der Waals surface area contributed by atoms with Crippen molar-refractivity contribution in [3.8, 4) is 0 Å². The summed E-state index contributed by atoms with van der Waals surface area (Å²) in [5, 5.41) is 8.82. The van der Waals surface area contributed by atoms with Crippen LogP contribution in [0.4, 0.5) is 0 Å². The Morgan fingerprint density at radius 2 is 2.33 bits per heavy atom. The molecule has 0 spiro atoms. The van der Waals surface area contributed by atoms with Crippen LogP contribution in [0, 0.1) is 0 Å². The van der Waals surface area contributed by atoms with Gasteiger partial charge in [0.15, 0.2) is 0 Å². The summed E-state index contributed by atoms with van der Waals surface area (Å²) >= 11 is 0.